The van der Waals surface area contributed by atoms with Crippen molar-refractivity contribution in [3.05, 3.63) is 34.3 Å². The third kappa shape index (κ3) is 3.13. The van der Waals surface area contributed by atoms with E-state index in [1.165, 1.54) is 0 Å². The normalized spacial score (nSPS) is 12.4. The number of carbonyl (C=O) groups excluding carboxylic acids is 1. The molecule has 0 aliphatic rings. The Hall–Kier alpha value is -1.69. The number of thiazole rings is 1. The van der Waals surface area contributed by atoms with Gasteiger partial charge in [-0.3, -0.25) is 4.79 Å². The van der Waals surface area contributed by atoms with E-state index in [1.54, 1.807) is 23.7 Å². The Bertz CT molecular complexity index is 491. The lowest BCUT2D eigenvalue weighted by Gasteiger charge is -2.10. The van der Waals surface area contributed by atoms with Crippen molar-refractivity contribution in [1.29, 1.82) is 0 Å². The molecule has 0 aromatic carbocycles. The summed E-state index contributed by atoms with van der Waals surface area (Å²) in [5.41, 5.74) is 0.816. The molecule has 2 heterocycles. The number of carbonyl (C=O) groups is 1. The zero-order valence-electron chi connectivity index (χ0n) is 9.73. The molecular weight excluding hydrogens is 236 g/mol. The maximum Gasteiger partial charge on any atom is 0.226 e. The van der Waals surface area contributed by atoms with Crippen molar-refractivity contribution in [2.45, 2.75) is 26.3 Å². The second kappa shape index (κ2) is 5.09. The van der Waals surface area contributed by atoms with Crippen molar-refractivity contribution in [2.24, 2.45) is 0 Å². The highest BCUT2D eigenvalue weighted by atomic mass is 32.1. The average Bonchev–Trinajstić information content (AvgIpc) is 2.89. The van der Waals surface area contributed by atoms with Crippen LogP contribution in [0.15, 0.2) is 17.8 Å². The number of H-pyrrole nitrogens is 1. The second-order valence-electron chi connectivity index (χ2n) is 3.80. The molecule has 5 nitrogen and oxygen atoms in total. The minimum Gasteiger partial charge on any atom is -0.347 e. The highest BCUT2D eigenvalue weighted by Gasteiger charge is 2.12. The smallest absolute Gasteiger partial charge is 0.226 e. The van der Waals surface area contributed by atoms with E-state index in [0.29, 0.717) is 6.42 Å². The highest BCUT2D eigenvalue weighted by molar-refractivity contribution is 7.09. The third-order valence-electron chi connectivity index (χ3n) is 2.32. The fraction of sp³-hybridized carbons (Fsp3) is 0.364. The van der Waals surface area contributed by atoms with Crippen LogP contribution in [0.1, 0.15) is 29.5 Å². The highest BCUT2D eigenvalue weighted by Crippen LogP contribution is 2.10. The summed E-state index contributed by atoms with van der Waals surface area (Å²) in [6.45, 7) is 3.82. The summed E-state index contributed by atoms with van der Waals surface area (Å²) in [6.07, 6.45) is 3.72. The number of hydrogen-bond acceptors (Lipinski definition) is 4. The van der Waals surface area contributed by atoms with Crippen LogP contribution in [-0.2, 0) is 11.2 Å². The van der Waals surface area contributed by atoms with Gasteiger partial charge in [0, 0.05) is 17.8 Å². The van der Waals surface area contributed by atoms with Crippen molar-refractivity contribution in [1.82, 2.24) is 20.3 Å². The first-order valence-corrected chi connectivity index (χ1v) is 6.23. The first kappa shape index (κ1) is 11.8. The number of aromatic nitrogens is 3. The molecule has 0 aliphatic heterocycles. The molecule has 1 atom stereocenters. The number of aromatic amines is 1. The summed E-state index contributed by atoms with van der Waals surface area (Å²) in [5.74, 6) is 0.715. The summed E-state index contributed by atoms with van der Waals surface area (Å²) < 4.78 is 0. The van der Waals surface area contributed by atoms with Crippen LogP contribution >= 0.6 is 11.3 Å². The largest absolute Gasteiger partial charge is 0.347 e. The van der Waals surface area contributed by atoms with Crippen LogP contribution < -0.4 is 5.32 Å². The Morgan fingerprint density at radius 2 is 2.47 bits per heavy atom. The number of nitrogens with one attached hydrogen (secondary N) is 2. The van der Waals surface area contributed by atoms with Gasteiger partial charge < -0.3 is 10.3 Å². The Morgan fingerprint density at radius 1 is 1.65 bits per heavy atom. The van der Waals surface area contributed by atoms with Gasteiger partial charge in [-0.2, -0.15) is 0 Å². The van der Waals surface area contributed by atoms with E-state index in [1.807, 2.05) is 19.2 Å². The van der Waals surface area contributed by atoms with Gasteiger partial charge in [0.15, 0.2) is 0 Å². The maximum absolute atomic E-state index is 11.7. The van der Waals surface area contributed by atoms with E-state index in [9.17, 15) is 4.79 Å². The van der Waals surface area contributed by atoms with Gasteiger partial charge in [-0.15, -0.1) is 11.3 Å². The zero-order valence-corrected chi connectivity index (χ0v) is 10.5. The Balaban J connectivity index is 1.89. The fourth-order valence-corrected chi connectivity index (χ4v) is 2.14. The third-order valence-corrected chi connectivity index (χ3v) is 3.14. The predicted molar refractivity (Wildman–Crippen MR) is 65.7 cm³/mol. The van der Waals surface area contributed by atoms with Crippen molar-refractivity contribution in [3.8, 4) is 0 Å². The predicted octanol–water partition coefficient (Wildman–Crippen LogP) is 1.59. The molecule has 0 saturated carbocycles. The topological polar surface area (TPSA) is 70.7 Å². The Labute approximate surface area is 103 Å². The van der Waals surface area contributed by atoms with Crippen LogP contribution in [0.2, 0.25) is 0 Å². The minimum atomic E-state index is -0.114. The summed E-state index contributed by atoms with van der Waals surface area (Å²) >= 11 is 1.55. The van der Waals surface area contributed by atoms with Gasteiger partial charge in [0.2, 0.25) is 5.91 Å². The van der Waals surface area contributed by atoms with Gasteiger partial charge in [0.25, 0.3) is 0 Å². The van der Waals surface area contributed by atoms with E-state index in [4.69, 9.17) is 0 Å². The van der Waals surface area contributed by atoms with E-state index in [-0.39, 0.29) is 11.9 Å². The van der Waals surface area contributed by atoms with E-state index in [2.05, 4.69) is 20.3 Å². The molecule has 1 unspecified atom stereocenters. The van der Waals surface area contributed by atoms with E-state index in [0.717, 1.165) is 16.5 Å². The van der Waals surface area contributed by atoms with Crippen molar-refractivity contribution >= 4 is 17.2 Å². The van der Waals surface area contributed by atoms with E-state index < -0.39 is 0 Å². The molecule has 2 rings (SSSR count). The van der Waals surface area contributed by atoms with Crippen LogP contribution in [0.4, 0.5) is 0 Å². The fourth-order valence-electron chi connectivity index (χ4n) is 1.53. The number of imidazole rings is 1. The van der Waals surface area contributed by atoms with E-state index >= 15 is 0 Å². The molecule has 0 saturated heterocycles. The lowest BCUT2D eigenvalue weighted by Crippen LogP contribution is -2.28. The maximum atomic E-state index is 11.7. The number of nitrogens with zero attached hydrogens (tertiary/aromatic N) is 2. The second-order valence-corrected chi connectivity index (χ2v) is 4.86. The Morgan fingerprint density at radius 3 is 3.06 bits per heavy atom. The van der Waals surface area contributed by atoms with Crippen LogP contribution in [-0.4, -0.2) is 20.9 Å². The number of rotatable bonds is 4. The van der Waals surface area contributed by atoms with Crippen LogP contribution in [0.5, 0.6) is 0 Å². The van der Waals surface area contributed by atoms with Crippen molar-refractivity contribution in [2.75, 3.05) is 0 Å². The molecule has 2 aromatic heterocycles. The number of aryl methyl sites for hydroxylation is 1. The molecule has 6 heteroatoms. The number of amides is 1. The number of hydrogen-bond donors (Lipinski definition) is 2. The molecule has 0 spiro atoms. The van der Waals surface area contributed by atoms with Gasteiger partial charge in [-0.05, 0) is 13.8 Å². The lowest BCUT2D eigenvalue weighted by atomic mass is 10.2. The summed E-state index contributed by atoms with van der Waals surface area (Å²) in [7, 11) is 0. The monoisotopic (exact) mass is 250 g/mol. The van der Waals surface area contributed by atoms with Gasteiger partial charge in [0.1, 0.15) is 5.82 Å². The Kier molecular flexibility index (Phi) is 3.53. The molecule has 0 radical (unpaired) electrons. The van der Waals surface area contributed by atoms with Gasteiger partial charge in [-0.1, -0.05) is 0 Å². The van der Waals surface area contributed by atoms with Crippen molar-refractivity contribution in [3.63, 3.8) is 0 Å². The summed E-state index contributed by atoms with van der Waals surface area (Å²) in [5, 5.41) is 5.76. The van der Waals surface area contributed by atoms with Crippen LogP contribution in [0.3, 0.4) is 0 Å². The summed E-state index contributed by atoms with van der Waals surface area (Å²) in [4.78, 5) is 23.1. The zero-order chi connectivity index (χ0) is 12.3. The quantitative estimate of drug-likeness (QED) is 0.865. The average molecular weight is 250 g/mol. The standard InChI is InChI=1S/C11H14N4OS/c1-7(11-12-3-4-13-11)14-10(16)5-9-6-17-8(2)15-9/h3-4,6-7H,5H2,1-2H3,(H,12,13)(H,14,16). The van der Waals surface area contributed by atoms with Crippen LogP contribution in [0, 0.1) is 6.92 Å². The SMILES string of the molecule is Cc1nc(CC(=O)NC(C)c2ncc[nH]2)cs1. The van der Waals surface area contributed by atoms with Gasteiger partial charge in [-0.25, -0.2) is 9.97 Å². The first-order valence-electron chi connectivity index (χ1n) is 5.35. The molecular formula is C11H14N4OS. The van der Waals surface area contributed by atoms with Crippen molar-refractivity contribution < 1.29 is 4.79 Å². The molecule has 1 amide bonds. The molecule has 0 fully saturated rings. The van der Waals surface area contributed by atoms with Gasteiger partial charge in [0.05, 0.1) is 23.2 Å². The molecule has 17 heavy (non-hydrogen) atoms. The van der Waals surface area contributed by atoms with Gasteiger partial charge >= 0.3 is 0 Å². The minimum absolute atomic E-state index is 0.0424. The summed E-state index contributed by atoms with van der Waals surface area (Å²) in [6, 6.07) is -0.114. The molecule has 2 aromatic rings. The molecule has 0 aliphatic carbocycles. The molecule has 2 N–H and O–H groups in total. The lowest BCUT2D eigenvalue weighted by molar-refractivity contribution is -0.121. The molecule has 90 valence electrons. The molecule has 0 bridgehead atoms. The van der Waals surface area contributed by atoms with Crippen LogP contribution in [0.25, 0.3) is 0 Å². The first-order chi connectivity index (χ1) is 8.15.